The van der Waals surface area contributed by atoms with Gasteiger partial charge in [0.25, 0.3) is 5.91 Å². The lowest BCUT2D eigenvalue weighted by molar-refractivity contribution is -0.118. The number of para-hydroxylation sites is 3. The monoisotopic (exact) mass is 336 g/mol. The van der Waals surface area contributed by atoms with Gasteiger partial charge in [0.2, 0.25) is 5.91 Å². The van der Waals surface area contributed by atoms with E-state index in [-0.39, 0.29) is 17.9 Å². The number of carbonyl (C=O) groups is 2. The van der Waals surface area contributed by atoms with Gasteiger partial charge >= 0.3 is 0 Å². The molecule has 1 heterocycles. The summed E-state index contributed by atoms with van der Waals surface area (Å²) in [5.41, 5.74) is 2.04. The van der Waals surface area contributed by atoms with Crippen LogP contribution in [0.5, 0.6) is 5.75 Å². The van der Waals surface area contributed by atoms with Crippen molar-refractivity contribution in [3.05, 3.63) is 54.1 Å². The molecule has 0 N–H and O–H groups in total. The molecule has 0 aromatic heterocycles. The minimum Gasteiger partial charge on any atom is -0.490 e. The molecule has 0 saturated heterocycles. The molecule has 2 amide bonds. The molecule has 25 heavy (non-hydrogen) atoms. The van der Waals surface area contributed by atoms with Gasteiger partial charge in [-0.05, 0) is 37.1 Å². The summed E-state index contributed by atoms with van der Waals surface area (Å²) in [4.78, 5) is 28.8. The molecule has 2 aliphatic rings. The van der Waals surface area contributed by atoms with Crippen molar-refractivity contribution in [2.45, 2.75) is 25.4 Å². The number of rotatable bonds is 3. The van der Waals surface area contributed by atoms with E-state index in [1.54, 1.807) is 22.9 Å². The van der Waals surface area contributed by atoms with Crippen LogP contribution in [0.2, 0.25) is 0 Å². The average molecular weight is 336 g/mol. The molecule has 2 aromatic rings. The van der Waals surface area contributed by atoms with E-state index >= 15 is 0 Å². The summed E-state index contributed by atoms with van der Waals surface area (Å²) in [5.74, 6) is 0.494. The van der Waals surface area contributed by atoms with Crippen LogP contribution in [0.1, 0.15) is 29.6 Å². The summed E-state index contributed by atoms with van der Waals surface area (Å²) in [5, 5.41) is 0. The highest BCUT2D eigenvalue weighted by Crippen LogP contribution is 2.35. The third-order valence-electron chi connectivity index (χ3n) is 4.64. The molecule has 1 fully saturated rings. The molecule has 5 heteroatoms. The minimum absolute atomic E-state index is 0.00488. The molecule has 0 radical (unpaired) electrons. The summed E-state index contributed by atoms with van der Waals surface area (Å²) in [6, 6.07) is 14.9. The zero-order valence-electron chi connectivity index (χ0n) is 14.1. The fourth-order valence-corrected chi connectivity index (χ4v) is 3.07. The zero-order chi connectivity index (χ0) is 17.4. The van der Waals surface area contributed by atoms with Gasteiger partial charge in [0, 0.05) is 20.0 Å². The number of fused-ring (bicyclic) bond motifs is 1. The van der Waals surface area contributed by atoms with Gasteiger partial charge < -0.3 is 14.5 Å². The molecule has 1 saturated carbocycles. The van der Waals surface area contributed by atoms with Crippen LogP contribution in [0.3, 0.4) is 0 Å². The maximum atomic E-state index is 13.3. The first-order valence-corrected chi connectivity index (χ1v) is 8.58. The predicted octanol–water partition coefficient (Wildman–Crippen LogP) is 3.24. The van der Waals surface area contributed by atoms with Crippen molar-refractivity contribution in [1.29, 1.82) is 0 Å². The van der Waals surface area contributed by atoms with Crippen molar-refractivity contribution in [1.82, 2.24) is 0 Å². The Morgan fingerprint density at radius 2 is 1.72 bits per heavy atom. The van der Waals surface area contributed by atoms with Gasteiger partial charge in [0.1, 0.15) is 5.75 Å². The number of anilines is 2. The zero-order valence-corrected chi connectivity index (χ0v) is 14.1. The molecule has 4 rings (SSSR count). The lowest BCUT2D eigenvalue weighted by atomic mass is 10.1. The van der Waals surface area contributed by atoms with Crippen molar-refractivity contribution in [2.75, 3.05) is 23.4 Å². The Labute approximate surface area is 146 Å². The van der Waals surface area contributed by atoms with Crippen molar-refractivity contribution in [2.24, 2.45) is 0 Å². The fourth-order valence-electron chi connectivity index (χ4n) is 3.07. The van der Waals surface area contributed by atoms with Crippen LogP contribution >= 0.6 is 0 Å². The highest BCUT2D eigenvalue weighted by atomic mass is 16.5. The van der Waals surface area contributed by atoms with E-state index in [2.05, 4.69) is 0 Å². The Morgan fingerprint density at radius 1 is 1.04 bits per heavy atom. The fraction of sp³-hybridized carbons (Fsp3) is 0.300. The van der Waals surface area contributed by atoms with E-state index in [0.717, 1.165) is 24.2 Å². The van der Waals surface area contributed by atoms with Gasteiger partial charge in [0.05, 0.1) is 23.0 Å². The Balaban J connectivity index is 1.73. The van der Waals surface area contributed by atoms with Crippen LogP contribution in [-0.4, -0.2) is 31.5 Å². The number of nitrogens with zero attached hydrogens (tertiary/aromatic N) is 2. The summed E-state index contributed by atoms with van der Waals surface area (Å²) >= 11 is 0. The number of carbonyl (C=O) groups excluding carboxylic acids is 2. The maximum Gasteiger partial charge on any atom is 0.262 e. The molecule has 0 spiro atoms. The summed E-state index contributed by atoms with van der Waals surface area (Å²) in [7, 11) is 1.75. The van der Waals surface area contributed by atoms with Gasteiger partial charge in [-0.3, -0.25) is 9.59 Å². The second kappa shape index (κ2) is 6.24. The summed E-state index contributed by atoms with van der Waals surface area (Å²) in [6.45, 7) is 0.358. The van der Waals surface area contributed by atoms with Gasteiger partial charge in [-0.25, -0.2) is 0 Å². The highest BCUT2D eigenvalue weighted by Gasteiger charge is 2.30. The number of ether oxygens (including phenoxy) is 1. The van der Waals surface area contributed by atoms with Crippen LogP contribution in [0.4, 0.5) is 11.4 Å². The normalized spacial score (nSPS) is 17.1. The van der Waals surface area contributed by atoms with E-state index < -0.39 is 0 Å². The van der Waals surface area contributed by atoms with Gasteiger partial charge in [-0.1, -0.05) is 24.3 Å². The first kappa shape index (κ1) is 15.7. The van der Waals surface area contributed by atoms with Crippen LogP contribution in [0.15, 0.2) is 48.5 Å². The third-order valence-corrected chi connectivity index (χ3v) is 4.64. The number of hydrogen-bond donors (Lipinski definition) is 0. The standard InChI is InChI=1S/C20H20N2O3/c1-21-16-7-3-4-8-17(16)22(13-12-19(21)23)20(24)15-6-2-5-9-18(15)25-14-10-11-14/h2-9,14H,10-13H2,1H3. The van der Waals surface area contributed by atoms with Crippen LogP contribution in [-0.2, 0) is 4.79 Å². The molecule has 2 aromatic carbocycles. The largest absolute Gasteiger partial charge is 0.490 e. The summed E-state index contributed by atoms with van der Waals surface area (Å²) < 4.78 is 5.91. The molecule has 128 valence electrons. The highest BCUT2D eigenvalue weighted by molar-refractivity contribution is 6.12. The molecule has 0 atom stereocenters. The van der Waals surface area contributed by atoms with E-state index in [1.165, 1.54) is 0 Å². The van der Waals surface area contributed by atoms with Gasteiger partial charge in [-0.15, -0.1) is 0 Å². The molecule has 5 nitrogen and oxygen atoms in total. The second-order valence-electron chi connectivity index (χ2n) is 6.46. The van der Waals surface area contributed by atoms with Crippen LogP contribution in [0.25, 0.3) is 0 Å². The number of benzene rings is 2. The Morgan fingerprint density at radius 3 is 2.48 bits per heavy atom. The van der Waals surface area contributed by atoms with Crippen molar-refractivity contribution in [3.8, 4) is 5.75 Å². The van der Waals surface area contributed by atoms with Gasteiger partial charge in [-0.2, -0.15) is 0 Å². The molecule has 0 unspecified atom stereocenters. The Kier molecular flexibility index (Phi) is 3.92. The maximum absolute atomic E-state index is 13.3. The molecular formula is C20H20N2O3. The van der Waals surface area contributed by atoms with E-state index in [4.69, 9.17) is 4.74 Å². The van der Waals surface area contributed by atoms with Gasteiger partial charge in [0.15, 0.2) is 0 Å². The lowest BCUT2D eigenvalue weighted by Gasteiger charge is -2.24. The van der Waals surface area contributed by atoms with E-state index in [0.29, 0.717) is 24.3 Å². The predicted molar refractivity (Wildman–Crippen MR) is 96.2 cm³/mol. The van der Waals surface area contributed by atoms with E-state index in [9.17, 15) is 9.59 Å². The van der Waals surface area contributed by atoms with Crippen molar-refractivity contribution in [3.63, 3.8) is 0 Å². The number of amides is 2. The van der Waals surface area contributed by atoms with Crippen LogP contribution < -0.4 is 14.5 Å². The topological polar surface area (TPSA) is 49.9 Å². The average Bonchev–Trinajstić information content (AvgIpc) is 3.46. The quantitative estimate of drug-likeness (QED) is 0.864. The number of hydrogen-bond acceptors (Lipinski definition) is 3. The molecule has 0 bridgehead atoms. The lowest BCUT2D eigenvalue weighted by Crippen LogP contribution is -2.32. The SMILES string of the molecule is CN1C(=O)CCN(C(=O)c2ccccc2OC2CC2)c2ccccc21. The minimum atomic E-state index is -0.133. The molecule has 1 aliphatic heterocycles. The van der Waals surface area contributed by atoms with E-state index in [1.807, 2.05) is 42.5 Å². The third kappa shape index (κ3) is 2.97. The Hall–Kier alpha value is -2.82. The molecular weight excluding hydrogens is 316 g/mol. The first-order valence-electron chi connectivity index (χ1n) is 8.58. The summed E-state index contributed by atoms with van der Waals surface area (Å²) in [6.07, 6.45) is 2.59. The van der Waals surface area contributed by atoms with Crippen molar-refractivity contribution < 1.29 is 14.3 Å². The smallest absolute Gasteiger partial charge is 0.262 e. The first-order chi connectivity index (χ1) is 12.1. The van der Waals surface area contributed by atoms with Crippen molar-refractivity contribution >= 4 is 23.2 Å². The molecule has 1 aliphatic carbocycles. The second-order valence-corrected chi connectivity index (χ2v) is 6.46. The van der Waals surface area contributed by atoms with Crippen LogP contribution in [0, 0.1) is 0 Å². The Bertz CT molecular complexity index is 829.